The molecule has 0 radical (unpaired) electrons. The number of thioether (sulfide) groups is 1. The molecule has 1 aromatic carbocycles. The van der Waals surface area contributed by atoms with Crippen LogP contribution in [-0.4, -0.2) is 36.5 Å². The standard InChI is InChI=1S/C12H12N4O4S/c1-7-3-4-8(16(19)20)5-9(7)11-13-14-12(15(11)2)21-6-10(17)18/h3-5H,6H2,1-2H3,(H,17,18). The lowest BCUT2D eigenvalue weighted by Gasteiger charge is -2.06. The number of rotatable bonds is 5. The van der Waals surface area contributed by atoms with Crippen molar-refractivity contribution in [1.82, 2.24) is 14.8 Å². The number of nitro benzene ring substituents is 1. The van der Waals surface area contributed by atoms with Crippen LogP contribution in [0.15, 0.2) is 23.4 Å². The summed E-state index contributed by atoms with van der Waals surface area (Å²) in [6.45, 7) is 1.82. The lowest BCUT2D eigenvalue weighted by molar-refractivity contribution is -0.384. The van der Waals surface area contributed by atoms with Crippen LogP contribution in [0.5, 0.6) is 0 Å². The summed E-state index contributed by atoms with van der Waals surface area (Å²) in [4.78, 5) is 21.0. The van der Waals surface area contributed by atoms with E-state index in [2.05, 4.69) is 10.2 Å². The largest absolute Gasteiger partial charge is 0.481 e. The summed E-state index contributed by atoms with van der Waals surface area (Å²) in [6, 6.07) is 4.51. The third kappa shape index (κ3) is 3.19. The number of aryl methyl sites for hydroxylation is 1. The smallest absolute Gasteiger partial charge is 0.313 e. The zero-order chi connectivity index (χ0) is 15.6. The number of aromatic nitrogens is 3. The Labute approximate surface area is 124 Å². The Hall–Kier alpha value is -2.42. The maximum Gasteiger partial charge on any atom is 0.313 e. The quantitative estimate of drug-likeness (QED) is 0.510. The molecule has 0 bridgehead atoms. The summed E-state index contributed by atoms with van der Waals surface area (Å²) in [6.07, 6.45) is 0. The van der Waals surface area contributed by atoms with Gasteiger partial charge in [-0.25, -0.2) is 0 Å². The van der Waals surface area contributed by atoms with Crippen LogP contribution < -0.4 is 0 Å². The number of carboxylic acid groups (broad SMARTS) is 1. The highest BCUT2D eigenvalue weighted by Crippen LogP contribution is 2.28. The van der Waals surface area contributed by atoms with E-state index < -0.39 is 10.9 Å². The zero-order valence-electron chi connectivity index (χ0n) is 11.3. The Balaban J connectivity index is 2.40. The van der Waals surface area contributed by atoms with Crippen LogP contribution in [0.4, 0.5) is 5.69 Å². The van der Waals surface area contributed by atoms with E-state index in [0.717, 1.165) is 17.3 Å². The fourth-order valence-electron chi connectivity index (χ4n) is 1.77. The van der Waals surface area contributed by atoms with Crippen LogP contribution in [0, 0.1) is 17.0 Å². The predicted octanol–water partition coefficient (Wildman–Crippen LogP) is 1.88. The molecular formula is C12H12N4O4S. The van der Waals surface area contributed by atoms with Gasteiger partial charge in [0.05, 0.1) is 10.7 Å². The molecule has 0 aliphatic heterocycles. The first kappa shape index (κ1) is 15.0. The predicted molar refractivity (Wildman–Crippen MR) is 76.2 cm³/mol. The Morgan fingerprint density at radius 1 is 1.48 bits per heavy atom. The minimum absolute atomic E-state index is 0.0293. The molecule has 1 heterocycles. The molecule has 8 nitrogen and oxygen atoms in total. The van der Waals surface area contributed by atoms with Crippen LogP contribution >= 0.6 is 11.8 Å². The lowest BCUT2D eigenvalue weighted by Crippen LogP contribution is -2.01. The molecule has 0 saturated carbocycles. The van der Waals surface area contributed by atoms with Crippen molar-refractivity contribution >= 4 is 23.4 Å². The number of nitrogens with zero attached hydrogens (tertiary/aromatic N) is 4. The molecule has 0 fully saturated rings. The van der Waals surface area contributed by atoms with Gasteiger partial charge in [0.2, 0.25) is 0 Å². The second-order valence-corrected chi connectivity index (χ2v) is 5.25. The summed E-state index contributed by atoms with van der Waals surface area (Å²) >= 11 is 1.04. The first-order valence-electron chi connectivity index (χ1n) is 5.89. The highest BCUT2D eigenvalue weighted by atomic mass is 32.2. The highest BCUT2D eigenvalue weighted by molar-refractivity contribution is 7.99. The number of nitro groups is 1. The van der Waals surface area contributed by atoms with E-state index in [4.69, 9.17) is 5.11 Å². The molecule has 9 heteroatoms. The van der Waals surface area contributed by atoms with Crippen molar-refractivity contribution < 1.29 is 14.8 Å². The van der Waals surface area contributed by atoms with Gasteiger partial charge in [0.15, 0.2) is 11.0 Å². The van der Waals surface area contributed by atoms with Gasteiger partial charge in [-0.1, -0.05) is 17.8 Å². The van der Waals surface area contributed by atoms with Crippen molar-refractivity contribution in [2.75, 3.05) is 5.75 Å². The Kier molecular flexibility index (Phi) is 4.22. The second kappa shape index (κ2) is 5.92. The van der Waals surface area contributed by atoms with Gasteiger partial charge >= 0.3 is 5.97 Å². The van der Waals surface area contributed by atoms with Gasteiger partial charge in [-0.3, -0.25) is 14.9 Å². The Bertz CT molecular complexity index is 713. The molecule has 1 aromatic heterocycles. The third-order valence-corrected chi connectivity index (χ3v) is 3.84. The fraction of sp³-hybridized carbons (Fsp3) is 0.250. The SMILES string of the molecule is Cc1ccc([N+](=O)[O-])cc1-c1nnc(SCC(=O)O)n1C. The van der Waals surface area contributed by atoms with E-state index in [-0.39, 0.29) is 11.4 Å². The highest BCUT2D eigenvalue weighted by Gasteiger charge is 2.17. The molecule has 0 unspecified atom stereocenters. The molecule has 0 amide bonds. The molecule has 21 heavy (non-hydrogen) atoms. The monoisotopic (exact) mass is 308 g/mol. The molecule has 0 saturated heterocycles. The van der Waals surface area contributed by atoms with Gasteiger partial charge in [-0.15, -0.1) is 10.2 Å². The average Bonchev–Trinajstić information content (AvgIpc) is 2.78. The second-order valence-electron chi connectivity index (χ2n) is 4.30. The summed E-state index contributed by atoms with van der Waals surface area (Å²) in [5, 5.41) is 27.9. The number of carbonyl (C=O) groups is 1. The van der Waals surface area contributed by atoms with E-state index >= 15 is 0 Å². The number of benzene rings is 1. The third-order valence-electron chi connectivity index (χ3n) is 2.83. The number of hydrogen-bond donors (Lipinski definition) is 1. The number of hydrogen-bond acceptors (Lipinski definition) is 6. The molecule has 0 aliphatic rings. The maximum atomic E-state index is 10.9. The van der Waals surface area contributed by atoms with Crippen LogP contribution in [0.1, 0.15) is 5.56 Å². The Morgan fingerprint density at radius 3 is 2.81 bits per heavy atom. The fourth-order valence-corrected chi connectivity index (χ4v) is 2.40. The van der Waals surface area contributed by atoms with Gasteiger partial charge in [0.25, 0.3) is 5.69 Å². The topological polar surface area (TPSA) is 111 Å². The molecule has 0 atom stereocenters. The van der Waals surface area contributed by atoms with Crippen molar-refractivity contribution in [3.05, 3.63) is 33.9 Å². The molecule has 2 aromatic rings. The normalized spacial score (nSPS) is 10.6. The molecule has 0 aliphatic carbocycles. The molecule has 1 N–H and O–H groups in total. The lowest BCUT2D eigenvalue weighted by atomic mass is 10.1. The van der Waals surface area contributed by atoms with Crippen LogP contribution in [0.2, 0.25) is 0 Å². The van der Waals surface area contributed by atoms with Gasteiger partial charge in [-0.2, -0.15) is 0 Å². The summed E-state index contributed by atoms with van der Waals surface area (Å²) in [5.74, 6) is -0.611. The minimum atomic E-state index is -0.948. The van der Waals surface area contributed by atoms with Crippen molar-refractivity contribution in [2.24, 2.45) is 7.05 Å². The van der Waals surface area contributed by atoms with Crippen molar-refractivity contribution in [3.63, 3.8) is 0 Å². The van der Waals surface area contributed by atoms with E-state index in [9.17, 15) is 14.9 Å². The maximum absolute atomic E-state index is 10.9. The van der Waals surface area contributed by atoms with E-state index in [1.807, 2.05) is 6.92 Å². The van der Waals surface area contributed by atoms with E-state index in [0.29, 0.717) is 16.5 Å². The van der Waals surface area contributed by atoms with Gasteiger partial charge < -0.3 is 9.67 Å². The van der Waals surface area contributed by atoms with Crippen LogP contribution in [-0.2, 0) is 11.8 Å². The Morgan fingerprint density at radius 2 is 2.19 bits per heavy atom. The van der Waals surface area contributed by atoms with E-state index in [1.165, 1.54) is 12.1 Å². The van der Waals surface area contributed by atoms with Crippen LogP contribution in [0.3, 0.4) is 0 Å². The first-order chi connectivity index (χ1) is 9.90. The number of aliphatic carboxylic acids is 1. The van der Waals surface area contributed by atoms with Crippen molar-refractivity contribution in [3.8, 4) is 11.4 Å². The summed E-state index contributed by atoms with van der Waals surface area (Å²) in [5.41, 5.74) is 1.39. The summed E-state index contributed by atoms with van der Waals surface area (Å²) in [7, 11) is 1.69. The van der Waals surface area contributed by atoms with Gasteiger partial charge in [0, 0.05) is 24.7 Å². The number of non-ortho nitro benzene ring substituents is 1. The van der Waals surface area contributed by atoms with Crippen molar-refractivity contribution in [1.29, 1.82) is 0 Å². The molecule has 2 rings (SSSR count). The number of carboxylic acids is 1. The van der Waals surface area contributed by atoms with E-state index in [1.54, 1.807) is 17.7 Å². The van der Waals surface area contributed by atoms with Crippen molar-refractivity contribution in [2.45, 2.75) is 12.1 Å². The van der Waals surface area contributed by atoms with Gasteiger partial charge in [-0.05, 0) is 12.5 Å². The summed E-state index contributed by atoms with van der Waals surface area (Å²) < 4.78 is 1.62. The van der Waals surface area contributed by atoms with Crippen LogP contribution in [0.25, 0.3) is 11.4 Å². The molecular weight excluding hydrogens is 296 g/mol. The molecule has 0 spiro atoms. The molecule has 110 valence electrons. The minimum Gasteiger partial charge on any atom is -0.481 e. The zero-order valence-corrected chi connectivity index (χ0v) is 12.1. The first-order valence-corrected chi connectivity index (χ1v) is 6.88. The van der Waals surface area contributed by atoms with Gasteiger partial charge in [0.1, 0.15) is 0 Å². The average molecular weight is 308 g/mol.